The number of esters is 3. The molecular formula is C21H30N2O7. The largest absolute Gasteiger partial charge is 0.466 e. The minimum Gasteiger partial charge on any atom is -0.466 e. The van der Waals surface area contributed by atoms with Crippen molar-refractivity contribution in [2.45, 2.75) is 52.5 Å². The number of dihydropyridines is 1. The third-order valence-corrected chi connectivity index (χ3v) is 5.61. The van der Waals surface area contributed by atoms with E-state index in [9.17, 15) is 19.2 Å². The molecule has 2 unspecified atom stereocenters. The van der Waals surface area contributed by atoms with Crippen molar-refractivity contribution in [1.82, 2.24) is 10.6 Å². The predicted molar refractivity (Wildman–Crippen MR) is 107 cm³/mol. The Bertz CT molecular complexity index is 746. The summed E-state index contributed by atoms with van der Waals surface area (Å²) in [5, 5.41) is 5.79. The number of hydrogen-bond acceptors (Lipinski definition) is 8. The summed E-state index contributed by atoms with van der Waals surface area (Å²) in [6, 6.07) is 0.0457. The zero-order chi connectivity index (χ0) is 22.4. The third kappa shape index (κ3) is 5.20. The van der Waals surface area contributed by atoms with Gasteiger partial charge in [0, 0.05) is 17.4 Å². The zero-order valence-corrected chi connectivity index (χ0v) is 18.1. The Labute approximate surface area is 176 Å². The minimum atomic E-state index is -1.35. The SMILES string of the molecule is COC(=O)C1=C(C)NC(C)=C(C(=O)OC)C1C(=O)OCC(=O)NC1CCCCC1C. The van der Waals surface area contributed by atoms with Crippen molar-refractivity contribution >= 4 is 23.8 Å². The van der Waals surface area contributed by atoms with Crippen LogP contribution in [0.5, 0.6) is 0 Å². The van der Waals surface area contributed by atoms with Gasteiger partial charge in [-0.1, -0.05) is 19.8 Å². The molecule has 2 N–H and O–H groups in total. The summed E-state index contributed by atoms with van der Waals surface area (Å²) < 4.78 is 14.8. The highest BCUT2D eigenvalue weighted by Gasteiger charge is 2.42. The van der Waals surface area contributed by atoms with Gasteiger partial charge in [-0.3, -0.25) is 9.59 Å². The molecule has 30 heavy (non-hydrogen) atoms. The maximum absolute atomic E-state index is 12.9. The highest BCUT2D eigenvalue weighted by atomic mass is 16.5. The van der Waals surface area contributed by atoms with Gasteiger partial charge in [-0.15, -0.1) is 0 Å². The zero-order valence-electron chi connectivity index (χ0n) is 18.1. The van der Waals surface area contributed by atoms with Gasteiger partial charge in [0.05, 0.1) is 25.4 Å². The Morgan fingerprint density at radius 2 is 1.50 bits per heavy atom. The summed E-state index contributed by atoms with van der Waals surface area (Å²) in [6.07, 6.45) is 4.11. The van der Waals surface area contributed by atoms with Crippen LogP contribution < -0.4 is 10.6 Å². The minimum absolute atomic E-state index is 0.0457. The number of amides is 1. The standard InChI is InChI=1S/C21H30N2O7/c1-11-8-6-7-9-14(11)23-15(24)10-30-21(27)18-16(19(25)28-4)12(2)22-13(3)17(18)20(26)29-5/h11,14,18,22H,6-10H2,1-5H3,(H,23,24). The molecule has 166 valence electrons. The van der Waals surface area contributed by atoms with E-state index < -0.39 is 36.3 Å². The number of rotatable bonds is 6. The van der Waals surface area contributed by atoms with E-state index in [-0.39, 0.29) is 17.2 Å². The van der Waals surface area contributed by atoms with Crippen molar-refractivity contribution in [2.75, 3.05) is 20.8 Å². The molecule has 0 aromatic rings. The first-order valence-electron chi connectivity index (χ1n) is 10.0. The van der Waals surface area contributed by atoms with Crippen LogP contribution in [0.15, 0.2) is 22.5 Å². The van der Waals surface area contributed by atoms with Crippen molar-refractivity contribution in [2.24, 2.45) is 11.8 Å². The van der Waals surface area contributed by atoms with Crippen LogP contribution in [0.3, 0.4) is 0 Å². The van der Waals surface area contributed by atoms with Crippen LogP contribution in [0.4, 0.5) is 0 Å². The Hall–Kier alpha value is -2.84. The van der Waals surface area contributed by atoms with Gasteiger partial charge in [0.25, 0.3) is 5.91 Å². The van der Waals surface area contributed by atoms with Crippen LogP contribution in [-0.4, -0.2) is 50.7 Å². The molecule has 0 bridgehead atoms. The maximum atomic E-state index is 12.9. The highest BCUT2D eigenvalue weighted by Crippen LogP contribution is 2.32. The number of nitrogens with one attached hydrogen (secondary N) is 2. The molecule has 0 aromatic heterocycles. The molecule has 2 atom stereocenters. The Morgan fingerprint density at radius 1 is 0.967 bits per heavy atom. The molecule has 1 saturated carbocycles. The number of hydrogen-bond donors (Lipinski definition) is 2. The number of carbonyl (C=O) groups is 4. The van der Waals surface area contributed by atoms with Gasteiger partial charge in [-0.05, 0) is 32.6 Å². The molecular weight excluding hydrogens is 392 g/mol. The lowest BCUT2D eigenvalue weighted by Crippen LogP contribution is -2.43. The fraction of sp³-hybridized carbons (Fsp3) is 0.619. The molecule has 9 nitrogen and oxygen atoms in total. The van der Waals surface area contributed by atoms with Crippen molar-refractivity contribution in [3.05, 3.63) is 22.5 Å². The van der Waals surface area contributed by atoms with Crippen LogP contribution in [0.25, 0.3) is 0 Å². The molecule has 2 aliphatic rings. The number of carbonyl (C=O) groups excluding carboxylic acids is 4. The quantitative estimate of drug-likeness (QED) is 0.486. The summed E-state index contributed by atoms with van der Waals surface area (Å²) >= 11 is 0. The van der Waals surface area contributed by atoms with Crippen molar-refractivity contribution in [1.29, 1.82) is 0 Å². The van der Waals surface area contributed by atoms with E-state index >= 15 is 0 Å². The number of ether oxygens (including phenoxy) is 3. The van der Waals surface area contributed by atoms with Gasteiger partial charge in [-0.25, -0.2) is 9.59 Å². The van der Waals surface area contributed by atoms with E-state index in [0.717, 1.165) is 25.7 Å². The summed E-state index contributed by atoms with van der Waals surface area (Å²) in [6.45, 7) is 4.74. The second-order valence-electron chi connectivity index (χ2n) is 7.66. The number of methoxy groups -OCH3 is 2. The molecule has 1 aliphatic carbocycles. The van der Waals surface area contributed by atoms with Gasteiger partial charge < -0.3 is 24.8 Å². The molecule has 9 heteroatoms. The lowest BCUT2D eigenvalue weighted by molar-refractivity contribution is -0.153. The van der Waals surface area contributed by atoms with Gasteiger partial charge in [0.1, 0.15) is 5.92 Å². The second kappa shape index (κ2) is 10.3. The molecule has 0 aromatic carbocycles. The summed E-state index contributed by atoms with van der Waals surface area (Å²) in [5.41, 5.74) is 0.591. The first kappa shape index (κ1) is 23.4. The smallest absolute Gasteiger partial charge is 0.336 e. The topological polar surface area (TPSA) is 120 Å². The van der Waals surface area contributed by atoms with E-state index in [1.54, 1.807) is 13.8 Å². The average molecular weight is 422 g/mol. The van der Waals surface area contributed by atoms with Gasteiger partial charge >= 0.3 is 17.9 Å². The van der Waals surface area contributed by atoms with E-state index in [2.05, 4.69) is 17.6 Å². The summed E-state index contributed by atoms with van der Waals surface area (Å²) in [5.74, 6) is -3.88. The lowest BCUT2D eigenvalue weighted by Gasteiger charge is -2.30. The van der Waals surface area contributed by atoms with Crippen LogP contribution in [0, 0.1) is 11.8 Å². The lowest BCUT2D eigenvalue weighted by atomic mass is 9.85. The van der Waals surface area contributed by atoms with E-state index in [1.807, 2.05) is 0 Å². The van der Waals surface area contributed by atoms with Crippen molar-refractivity contribution in [3.8, 4) is 0 Å². The predicted octanol–water partition coefficient (Wildman–Crippen LogP) is 1.34. The maximum Gasteiger partial charge on any atom is 0.336 e. The molecule has 0 spiro atoms. The molecule has 2 rings (SSSR count). The van der Waals surface area contributed by atoms with Crippen molar-refractivity contribution < 1.29 is 33.4 Å². The molecule has 1 aliphatic heterocycles. The fourth-order valence-corrected chi connectivity index (χ4v) is 3.99. The first-order chi connectivity index (χ1) is 14.2. The van der Waals surface area contributed by atoms with E-state index in [0.29, 0.717) is 17.3 Å². The molecule has 1 amide bonds. The third-order valence-electron chi connectivity index (χ3n) is 5.61. The average Bonchev–Trinajstić information content (AvgIpc) is 2.72. The normalized spacial score (nSPS) is 22.2. The first-order valence-corrected chi connectivity index (χ1v) is 10.0. The Kier molecular flexibility index (Phi) is 8.02. The Morgan fingerprint density at radius 3 is 2.00 bits per heavy atom. The van der Waals surface area contributed by atoms with E-state index in [1.165, 1.54) is 14.2 Å². The monoisotopic (exact) mass is 422 g/mol. The fourth-order valence-electron chi connectivity index (χ4n) is 3.99. The van der Waals surface area contributed by atoms with Crippen LogP contribution >= 0.6 is 0 Å². The molecule has 0 saturated heterocycles. The number of allylic oxidation sites excluding steroid dienone is 2. The van der Waals surface area contributed by atoms with Crippen LogP contribution in [-0.2, 0) is 33.4 Å². The van der Waals surface area contributed by atoms with Gasteiger partial charge in [-0.2, -0.15) is 0 Å². The van der Waals surface area contributed by atoms with Crippen LogP contribution in [0.1, 0.15) is 46.5 Å². The van der Waals surface area contributed by atoms with Gasteiger partial charge in [0.2, 0.25) is 0 Å². The van der Waals surface area contributed by atoms with Crippen molar-refractivity contribution in [3.63, 3.8) is 0 Å². The molecule has 1 heterocycles. The second-order valence-corrected chi connectivity index (χ2v) is 7.66. The Balaban J connectivity index is 2.17. The summed E-state index contributed by atoms with van der Waals surface area (Å²) in [4.78, 5) is 49.8. The molecule has 1 fully saturated rings. The van der Waals surface area contributed by atoms with Crippen LogP contribution in [0.2, 0.25) is 0 Å². The van der Waals surface area contributed by atoms with E-state index in [4.69, 9.17) is 14.2 Å². The summed E-state index contributed by atoms with van der Waals surface area (Å²) in [7, 11) is 2.35. The molecule has 0 radical (unpaired) electrons. The highest BCUT2D eigenvalue weighted by molar-refractivity contribution is 6.05. The van der Waals surface area contributed by atoms with Gasteiger partial charge in [0.15, 0.2) is 6.61 Å².